The van der Waals surface area contributed by atoms with Crippen molar-refractivity contribution >= 4 is 5.78 Å². The molecule has 1 heterocycles. The molecular formula is C13H24FNO. The van der Waals surface area contributed by atoms with Crippen LogP contribution in [-0.4, -0.2) is 35.0 Å². The van der Waals surface area contributed by atoms with E-state index >= 15 is 0 Å². The van der Waals surface area contributed by atoms with Crippen LogP contribution >= 0.6 is 0 Å². The molecule has 1 rings (SSSR count). The van der Waals surface area contributed by atoms with E-state index < -0.39 is 11.6 Å². The topological polar surface area (TPSA) is 20.3 Å². The first-order valence-electron chi connectivity index (χ1n) is 5.98. The summed E-state index contributed by atoms with van der Waals surface area (Å²) < 4.78 is 13.5. The van der Waals surface area contributed by atoms with E-state index in [1.807, 2.05) is 46.4 Å². The lowest BCUT2D eigenvalue weighted by Gasteiger charge is -2.38. The SMILES string of the molecule is CC(C)(C)C(=O)[C@@H]1CC(F)CN1C(C)(C)C. The second-order valence-electron chi connectivity index (χ2n) is 6.79. The van der Waals surface area contributed by atoms with E-state index in [2.05, 4.69) is 0 Å². The van der Waals surface area contributed by atoms with E-state index in [0.717, 1.165) is 0 Å². The average molecular weight is 229 g/mol. The minimum atomic E-state index is -0.865. The molecule has 2 atom stereocenters. The molecule has 0 aromatic carbocycles. The molecule has 94 valence electrons. The van der Waals surface area contributed by atoms with Crippen molar-refractivity contribution in [1.82, 2.24) is 4.90 Å². The van der Waals surface area contributed by atoms with Crippen LogP contribution in [0.1, 0.15) is 48.0 Å². The highest BCUT2D eigenvalue weighted by molar-refractivity contribution is 5.89. The standard InChI is InChI=1S/C13H24FNO/c1-12(2,3)11(16)10-7-9(14)8-15(10)13(4,5)6/h9-10H,7-8H2,1-6H3/t9?,10-/m0/s1. The van der Waals surface area contributed by atoms with E-state index in [-0.39, 0.29) is 17.4 Å². The molecule has 0 aromatic heterocycles. The van der Waals surface area contributed by atoms with Gasteiger partial charge in [0.25, 0.3) is 0 Å². The molecule has 0 N–H and O–H groups in total. The lowest BCUT2D eigenvalue weighted by atomic mass is 9.84. The molecular weight excluding hydrogens is 205 g/mol. The van der Waals surface area contributed by atoms with Crippen molar-refractivity contribution in [3.8, 4) is 0 Å². The van der Waals surface area contributed by atoms with Crippen LogP contribution in [0.4, 0.5) is 4.39 Å². The number of halogens is 1. The number of carbonyl (C=O) groups is 1. The Morgan fingerprint density at radius 1 is 1.19 bits per heavy atom. The maximum Gasteiger partial charge on any atom is 0.155 e. The summed E-state index contributed by atoms with van der Waals surface area (Å²) in [7, 11) is 0. The Labute approximate surface area is 98.2 Å². The normalized spacial score (nSPS) is 28.4. The fourth-order valence-corrected chi connectivity index (χ4v) is 2.27. The Kier molecular flexibility index (Phi) is 3.49. The lowest BCUT2D eigenvalue weighted by Crippen LogP contribution is -2.50. The third kappa shape index (κ3) is 2.82. The summed E-state index contributed by atoms with van der Waals surface area (Å²) in [6.07, 6.45) is -0.511. The summed E-state index contributed by atoms with van der Waals surface area (Å²) in [6.45, 7) is 12.2. The molecule has 0 bridgehead atoms. The van der Waals surface area contributed by atoms with Crippen LogP contribution in [0.25, 0.3) is 0 Å². The van der Waals surface area contributed by atoms with Gasteiger partial charge in [0.15, 0.2) is 5.78 Å². The van der Waals surface area contributed by atoms with Crippen molar-refractivity contribution < 1.29 is 9.18 Å². The van der Waals surface area contributed by atoms with Crippen molar-refractivity contribution in [3.05, 3.63) is 0 Å². The highest BCUT2D eigenvalue weighted by atomic mass is 19.1. The van der Waals surface area contributed by atoms with E-state index in [1.165, 1.54) is 0 Å². The van der Waals surface area contributed by atoms with Crippen molar-refractivity contribution in [2.45, 2.75) is 65.7 Å². The van der Waals surface area contributed by atoms with Gasteiger partial charge >= 0.3 is 0 Å². The molecule has 0 radical (unpaired) electrons. The fourth-order valence-electron chi connectivity index (χ4n) is 2.27. The molecule has 1 saturated heterocycles. The van der Waals surface area contributed by atoms with Crippen molar-refractivity contribution in [2.75, 3.05) is 6.54 Å². The summed E-state index contributed by atoms with van der Waals surface area (Å²) in [6, 6.07) is -0.255. The van der Waals surface area contributed by atoms with Crippen molar-refractivity contribution in [3.63, 3.8) is 0 Å². The number of ketones is 1. The number of nitrogens with zero attached hydrogens (tertiary/aromatic N) is 1. The Balaban J connectivity index is 2.91. The van der Waals surface area contributed by atoms with Gasteiger partial charge in [-0.1, -0.05) is 20.8 Å². The maximum absolute atomic E-state index is 13.5. The van der Waals surface area contributed by atoms with Crippen LogP contribution in [0, 0.1) is 5.41 Å². The van der Waals surface area contributed by atoms with Crippen LogP contribution in [0.3, 0.4) is 0 Å². The van der Waals surface area contributed by atoms with Crippen LogP contribution in [0.5, 0.6) is 0 Å². The minimum absolute atomic E-state index is 0.146. The maximum atomic E-state index is 13.5. The second-order valence-corrected chi connectivity index (χ2v) is 6.79. The van der Waals surface area contributed by atoms with E-state index in [4.69, 9.17) is 0 Å². The van der Waals surface area contributed by atoms with Crippen LogP contribution < -0.4 is 0 Å². The molecule has 1 aliphatic rings. The van der Waals surface area contributed by atoms with Gasteiger partial charge in [0.2, 0.25) is 0 Å². The Morgan fingerprint density at radius 3 is 2.06 bits per heavy atom. The van der Waals surface area contributed by atoms with Gasteiger partial charge in [-0.15, -0.1) is 0 Å². The minimum Gasteiger partial charge on any atom is -0.297 e. The fraction of sp³-hybridized carbons (Fsp3) is 0.923. The summed E-state index contributed by atoms with van der Waals surface area (Å²) in [5, 5.41) is 0. The molecule has 16 heavy (non-hydrogen) atoms. The Bertz CT molecular complexity index is 275. The van der Waals surface area contributed by atoms with E-state index in [1.54, 1.807) is 0 Å². The lowest BCUT2D eigenvalue weighted by molar-refractivity contribution is -0.132. The first-order chi connectivity index (χ1) is 7.03. The average Bonchev–Trinajstić information content (AvgIpc) is 2.43. The molecule has 1 unspecified atom stereocenters. The van der Waals surface area contributed by atoms with Crippen molar-refractivity contribution in [2.24, 2.45) is 5.41 Å². The molecule has 0 aromatic rings. The number of hydrogen-bond acceptors (Lipinski definition) is 2. The zero-order chi connectivity index (χ0) is 12.7. The number of likely N-dealkylation sites (tertiary alicyclic amines) is 1. The summed E-state index contributed by atoms with van der Waals surface area (Å²) in [5.74, 6) is 0.155. The number of rotatable bonds is 1. The molecule has 0 saturated carbocycles. The van der Waals surface area contributed by atoms with Gasteiger partial charge in [-0.05, 0) is 20.8 Å². The first-order valence-corrected chi connectivity index (χ1v) is 5.98. The third-order valence-corrected chi connectivity index (χ3v) is 3.15. The van der Waals surface area contributed by atoms with Gasteiger partial charge in [0.05, 0.1) is 6.04 Å². The second kappa shape index (κ2) is 4.10. The van der Waals surface area contributed by atoms with Gasteiger partial charge in [-0.25, -0.2) is 4.39 Å². The largest absolute Gasteiger partial charge is 0.297 e. The van der Waals surface area contributed by atoms with Crippen molar-refractivity contribution in [1.29, 1.82) is 0 Å². The highest BCUT2D eigenvalue weighted by Crippen LogP contribution is 2.32. The predicted molar refractivity (Wildman–Crippen MR) is 64.2 cm³/mol. The summed E-state index contributed by atoms with van der Waals surface area (Å²) >= 11 is 0. The number of Topliss-reactive ketones (excluding diaryl/α,β-unsaturated/α-hetero) is 1. The number of hydrogen-bond donors (Lipinski definition) is 0. The molecule has 3 heteroatoms. The molecule has 0 amide bonds. The monoisotopic (exact) mass is 229 g/mol. The van der Waals surface area contributed by atoms with Crippen LogP contribution in [0.2, 0.25) is 0 Å². The Hall–Kier alpha value is -0.440. The summed E-state index contributed by atoms with van der Waals surface area (Å²) in [5.41, 5.74) is -0.537. The number of carbonyl (C=O) groups excluding carboxylic acids is 1. The zero-order valence-electron chi connectivity index (χ0n) is 11.3. The van der Waals surface area contributed by atoms with Gasteiger partial charge in [-0.2, -0.15) is 0 Å². The third-order valence-electron chi connectivity index (χ3n) is 3.15. The molecule has 2 nitrogen and oxygen atoms in total. The quantitative estimate of drug-likeness (QED) is 0.689. The smallest absolute Gasteiger partial charge is 0.155 e. The van der Waals surface area contributed by atoms with Crippen LogP contribution in [0.15, 0.2) is 0 Å². The van der Waals surface area contributed by atoms with Gasteiger partial charge in [0, 0.05) is 23.9 Å². The highest BCUT2D eigenvalue weighted by Gasteiger charge is 2.44. The van der Waals surface area contributed by atoms with Gasteiger partial charge in [0.1, 0.15) is 6.17 Å². The summed E-state index contributed by atoms with van der Waals surface area (Å²) in [4.78, 5) is 14.3. The molecule has 1 aliphatic heterocycles. The number of alkyl halides is 1. The van der Waals surface area contributed by atoms with Gasteiger partial charge < -0.3 is 0 Å². The molecule has 0 aliphatic carbocycles. The van der Waals surface area contributed by atoms with Crippen LogP contribution in [-0.2, 0) is 4.79 Å². The molecule has 1 fully saturated rings. The Morgan fingerprint density at radius 2 is 1.69 bits per heavy atom. The molecule has 0 spiro atoms. The van der Waals surface area contributed by atoms with E-state index in [0.29, 0.717) is 13.0 Å². The van der Waals surface area contributed by atoms with Gasteiger partial charge in [-0.3, -0.25) is 9.69 Å². The zero-order valence-corrected chi connectivity index (χ0v) is 11.3. The van der Waals surface area contributed by atoms with E-state index in [9.17, 15) is 9.18 Å². The predicted octanol–water partition coefficient (Wildman–Crippen LogP) is 2.81. The first kappa shape index (κ1) is 13.6.